The van der Waals surface area contributed by atoms with Gasteiger partial charge in [0, 0.05) is 22.3 Å². The van der Waals surface area contributed by atoms with Crippen molar-refractivity contribution in [2.45, 2.75) is 0 Å². The topological polar surface area (TPSA) is 38.7 Å². The average Bonchev–Trinajstić information content (AvgIpc) is 3.19. The third kappa shape index (κ3) is 4.71. The summed E-state index contributed by atoms with van der Waals surface area (Å²) in [6.07, 6.45) is 0. The van der Waals surface area contributed by atoms with Gasteiger partial charge in [-0.05, 0) is 83.7 Å². The van der Waals surface area contributed by atoms with Crippen LogP contribution in [0.2, 0.25) is 0 Å². The molecule has 0 atom stereocenters. The van der Waals surface area contributed by atoms with Crippen LogP contribution in [0.15, 0.2) is 176 Å². The van der Waals surface area contributed by atoms with Gasteiger partial charge in [0.1, 0.15) is 0 Å². The molecule has 0 aliphatic carbocycles. The van der Waals surface area contributed by atoms with Crippen molar-refractivity contribution in [2.24, 2.45) is 0 Å². The molecule has 50 heavy (non-hydrogen) atoms. The van der Waals surface area contributed by atoms with E-state index in [0.717, 1.165) is 44.0 Å². The Balaban J connectivity index is 1.29. The van der Waals surface area contributed by atoms with Crippen molar-refractivity contribution in [2.75, 3.05) is 0 Å². The number of nitrogens with zero attached hydrogens (tertiary/aromatic N) is 3. The number of hydrogen-bond donors (Lipinski definition) is 0. The number of hydrogen-bond acceptors (Lipinski definition) is 3. The molecular weight excluding hydrogens is 607 g/mol. The van der Waals surface area contributed by atoms with E-state index in [-0.39, 0.29) is 0 Å². The summed E-state index contributed by atoms with van der Waals surface area (Å²) in [6.45, 7) is 0. The fourth-order valence-corrected chi connectivity index (χ4v) is 7.42. The first-order chi connectivity index (χ1) is 24.8. The van der Waals surface area contributed by atoms with Crippen molar-refractivity contribution in [3.8, 4) is 45.3 Å². The number of benzene rings is 9. The first kappa shape index (κ1) is 28.3. The van der Waals surface area contributed by atoms with E-state index in [9.17, 15) is 0 Å². The maximum atomic E-state index is 5.28. The van der Waals surface area contributed by atoms with E-state index in [2.05, 4.69) is 176 Å². The van der Waals surface area contributed by atoms with E-state index in [0.29, 0.717) is 17.5 Å². The van der Waals surface area contributed by atoms with Crippen LogP contribution in [0.25, 0.3) is 99.2 Å². The molecule has 10 rings (SSSR count). The molecule has 0 saturated heterocycles. The van der Waals surface area contributed by atoms with E-state index in [4.69, 9.17) is 15.0 Å². The molecule has 0 fully saturated rings. The fraction of sp³-hybridized carbons (Fsp3) is 0. The lowest BCUT2D eigenvalue weighted by atomic mass is 9.87. The standard InChI is InChI=1S/C47H29N3/c1-3-14-33-27-36(23-21-30(33)11-1)45-48-46(37-24-22-31-12-2-4-15-34(31)28-37)50-47(49-45)42-26-25-32-13-5-8-18-39(32)44(42)43-29-35-16-6-7-17-38(35)40-19-9-10-20-41(40)43/h1-29H. The molecule has 1 aromatic heterocycles. The number of fused-ring (bicyclic) bond motifs is 6. The summed E-state index contributed by atoms with van der Waals surface area (Å²) < 4.78 is 0. The summed E-state index contributed by atoms with van der Waals surface area (Å²) >= 11 is 0. The van der Waals surface area contributed by atoms with Gasteiger partial charge in [0.25, 0.3) is 0 Å². The van der Waals surface area contributed by atoms with Crippen LogP contribution in [-0.4, -0.2) is 15.0 Å². The van der Waals surface area contributed by atoms with Gasteiger partial charge < -0.3 is 0 Å². The minimum absolute atomic E-state index is 0.643. The third-order valence-electron chi connectivity index (χ3n) is 9.86. The molecule has 0 amide bonds. The SMILES string of the molecule is c1ccc2cc(-c3nc(-c4ccc5ccccc5c4)nc(-c4ccc5ccccc5c4-c4cc5ccccc5c5ccccc45)n3)ccc2c1. The van der Waals surface area contributed by atoms with Gasteiger partial charge >= 0.3 is 0 Å². The molecule has 0 bridgehead atoms. The Hall–Kier alpha value is -6.71. The van der Waals surface area contributed by atoms with E-state index < -0.39 is 0 Å². The first-order valence-electron chi connectivity index (χ1n) is 16.9. The second-order valence-corrected chi connectivity index (χ2v) is 12.8. The van der Waals surface area contributed by atoms with Crippen LogP contribution in [0, 0.1) is 0 Å². The summed E-state index contributed by atoms with van der Waals surface area (Å²) in [6, 6.07) is 62.4. The monoisotopic (exact) mass is 635 g/mol. The highest BCUT2D eigenvalue weighted by Crippen LogP contribution is 2.43. The van der Waals surface area contributed by atoms with Crippen molar-refractivity contribution in [3.05, 3.63) is 176 Å². The highest BCUT2D eigenvalue weighted by atomic mass is 15.0. The van der Waals surface area contributed by atoms with Crippen LogP contribution >= 0.6 is 0 Å². The predicted octanol–water partition coefficient (Wildman–Crippen LogP) is 12.3. The Morgan fingerprint density at radius 1 is 0.260 bits per heavy atom. The Kier molecular flexibility index (Phi) is 6.49. The molecule has 1 heterocycles. The molecular formula is C47H29N3. The highest BCUT2D eigenvalue weighted by Gasteiger charge is 2.20. The van der Waals surface area contributed by atoms with E-state index in [1.807, 2.05) is 0 Å². The Morgan fingerprint density at radius 3 is 1.36 bits per heavy atom. The van der Waals surface area contributed by atoms with Crippen LogP contribution in [0.5, 0.6) is 0 Å². The van der Waals surface area contributed by atoms with Gasteiger partial charge in [0.2, 0.25) is 0 Å². The fourth-order valence-electron chi connectivity index (χ4n) is 7.42. The lowest BCUT2D eigenvalue weighted by Gasteiger charge is -2.17. The van der Waals surface area contributed by atoms with Gasteiger partial charge in [-0.15, -0.1) is 0 Å². The molecule has 3 nitrogen and oxygen atoms in total. The maximum Gasteiger partial charge on any atom is 0.164 e. The van der Waals surface area contributed by atoms with Crippen molar-refractivity contribution in [3.63, 3.8) is 0 Å². The summed E-state index contributed by atoms with van der Waals surface area (Å²) in [5, 5.41) is 11.8. The highest BCUT2D eigenvalue weighted by molar-refractivity contribution is 6.18. The van der Waals surface area contributed by atoms with E-state index >= 15 is 0 Å². The van der Waals surface area contributed by atoms with Gasteiger partial charge in [-0.2, -0.15) is 0 Å². The van der Waals surface area contributed by atoms with Crippen molar-refractivity contribution < 1.29 is 0 Å². The lowest BCUT2D eigenvalue weighted by molar-refractivity contribution is 1.08. The normalized spacial score (nSPS) is 11.6. The first-order valence-corrected chi connectivity index (χ1v) is 16.9. The summed E-state index contributed by atoms with van der Waals surface area (Å²) in [7, 11) is 0. The maximum absolute atomic E-state index is 5.28. The van der Waals surface area contributed by atoms with E-state index in [1.54, 1.807) is 0 Å². The van der Waals surface area contributed by atoms with Crippen molar-refractivity contribution >= 4 is 53.9 Å². The van der Waals surface area contributed by atoms with Gasteiger partial charge in [0.15, 0.2) is 17.5 Å². The minimum atomic E-state index is 0.643. The quantitative estimate of drug-likeness (QED) is 0.181. The molecule has 232 valence electrons. The summed E-state index contributed by atoms with van der Waals surface area (Å²) in [4.78, 5) is 15.7. The van der Waals surface area contributed by atoms with Crippen LogP contribution in [0.3, 0.4) is 0 Å². The minimum Gasteiger partial charge on any atom is -0.208 e. The second-order valence-electron chi connectivity index (χ2n) is 12.8. The number of rotatable bonds is 4. The van der Waals surface area contributed by atoms with Crippen molar-refractivity contribution in [1.29, 1.82) is 0 Å². The Labute approximate surface area is 289 Å². The molecule has 0 aliphatic rings. The zero-order valence-corrected chi connectivity index (χ0v) is 27.1. The van der Waals surface area contributed by atoms with Gasteiger partial charge in [-0.3, -0.25) is 0 Å². The third-order valence-corrected chi connectivity index (χ3v) is 9.86. The molecule has 0 N–H and O–H groups in total. The van der Waals surface area contributed by atoms with Crippen LogP contribution in [0.1, 0.15) is 0 Å². The molecule has 3 heteroatoms. The van der Waals surface area contributed by atoms with E-state index in [1.165, 1.54) is 37.7 Å². The van der Waals surface area contributed by atoms with Crippen LogP contribution < -0.4 is 0 Å². The van der Waals surface area contributed by atoms with Gasteiger partial charge in [0.05, 0.1) is 0 Å². The smallest absolute Gasteiger partial charge is 0.164 e. The molecule has 0 spiro atoms. The van der Waals surface area contributed by atoms with Crippen molar-refractivity contribution in [1.82, 2.24) is 15.0 Å². The zero-order chi connectivity index (χ0) is 33.0. The molecule has 10 aromatic rings. The van der Waals surface area contributed by atoms with Gasteiger partial charge in [-0.25, -0.2) is 15.0 Å². The average molecular weight is 636 g/mol. The molecule has 0 saturated carbocycles. The zero-order valence-electron chi connectivity index (χ0n) is 27.1. The molecule has 0 aliphatic heterocycles. The lowest BCUT2D eigenvalue weighted by Crippen LogP contribution is -2.02. The number of aromatic nitrogens is 3. The molecule has 0 unspecified atom stereocenters. The summed E-state index contributed by atoms with van der Waals surface area (Å²) in [5.74, 6) is 1.93. The predicted molar refractivity (Wildman–Crippen MR) is 209 cm³/mol. The van der Waals surface area contributed by atoms with Gasteiger partial charge in [-0.1, -0.05) is 152 Å². The second kappa shape index (κ2) is 11.5. The molecule has 0 radical (unpaired) electrons. The Bertz CT molecular complexity index is 2850. The Morgan fingerprint density at radius 2 is 0.720 bits per heavy atom. The summed E-state index contributed by atoms with van der Waals surface area (Å²) in [5.41, 5.74) is 5.15. The largest absolute Gasteiger partial charge is 0.208 e. The van der Waals surface area contributed by atoms with Crippen LogP contribution in [-0.2, 0) is 0 Å². The molecule has 9 aromatic carbocycles. The van der Waals surface area contributed by atoms with Crippen LogP contribution in [0.4, 0.5) is 0 Å².